The van der Waals surface area contributed by atoms with E-state index in [1.807, 2.05) is 4.90 Å². The number of hydrogen-bond donors (Lipinski definition) is 2. The number of rotatable bonds is 4. The number of carbonyl (C=O) groups excluding carboxylic acids is 2. The monoisotopic (exact) mass is 241 g/mol. The second-order valence-corrected chi connectivity index (χ2v) is 4.63. The zero-order chi connectivity index (χ0) is 12.3. The molecular weight excluding hydrogens is 222 g/mol. The third kappa shape index (κ3) is 2.95. The van der Waals surface area contributed by atoms with E-state index in [-0.39, 0.29) is 23.8 Å². The number of nitrogens with one attached hydrogen (secondary N) is 1. The largest absolute Gasteiger partial charge is 0.381 e. The van der Waals surface area contributed by atoms with E-state index >= 15 is 0 Å². The van der Waals surface area contributed by atoms with Crippen LogP contribution in [0.4, 0.5) is 0 Å². The summed E-state index contributed by atoms with van der Waals surface area (Å²) < 4.78 is 5.16. The first-order valence-corrected chi connectivity index (χ1v) is 6.07. The second-order valence-electron chi connectivity index (χ2n) is 4.63. The van der Waals surface area contributed by atoms with Gasteiger partial charge in [-0.2, -0.15) is 0 Å². The SMILES string of the molecule is NC(=O)[C@@H]1CCCN1CNC(=O)C1CCOC1. The van der Waals surface area contributed by atoms with Gasteiger partial charge < -0.3 is 15.8 Å². The molecular formula is C11H19N3O3. The molecule has 2 fully saturated rings. The number of likely N-dealkylation sites (tertiary alicyclic amines) is 1. The van der Waals surface area contributed by atoms with Gasteiger partial charge in [0.2, 0.25) is 11.8 Å². The third-order valence-electron chi connectivity index (χ3n) is 3.45. The maximum absolute atomic E-state index is 11.7. The van der Waals surface area contributed by atoms with Crippen LogP contribution in [-0.2, 0) is 14.3 Å². The average molecular weight is 241 g/mol. The summed E-state index contributed by atoms with van der Waals surface area (Å²) in [6, 6.07) is -0.227. The van der Waals surface area contributed by atoms with Crippen molar-refractivity contribution >= 4 is 11.8 Å². The lowest BCUT2D eigenvalue weighted by molar-refractivity contribution is -0.127. The van der Waals surface area contributed by atoms with Gasteiger partial charge in [0.15, 0.2) is 0 Å². The van der Waals surface area contributed by atoms with Crippen molar-refractivity contribution in [2.45, 2.75) is 25.3 Å². The topological polar surface area (TPSA) is 84.7 Å². The van der Waals surface area contributed by atoms with Gasteiger partial charge in [-0.05, 0) is 19.3 Å². The molecule has 1 unspecified atom stereocenters. The van der Waals surface area contributed by atoms with Crippen LogP contribution in [0.15, 0.2) is 0 Å². The summed E-state index contributed by atoms with van der Waals surface area (Å²) in [4.78, 5) is 24.8. The molecule has 0 radical (unpaired) electrons. The molecule has 2 amide bonds. The molecule has 0 bridgehead atoms. The Labute approximate surface area is 100 Å². The van der Waals surface area contributed by atoms with Gasteiger partial charge in [-0.25, -0.2) is 0 Å². The Hall–Kier alpha value is -1.14. The maximum Gasteiger partial charge on any atom is 0.234 e. The molecule has 0 aromatic rings. The van der Waals surface area contributed by atoms with Crippen LogP contribution >= 0.6 is 0 Å². The fourth-order valence-corrected chi connectivity index (χ4v) is 2.40. The van der Waals surface area contributed by atoms with Crippen LogP contribution in [0.1, 0.15) is 19.3 Å². The molecule has 96 valence electrons. The molecule has 6 heteroatoms. The molecule has 0 aliphatic carbocycles. The number of amides is 2. The van der Waals surface area contributed by atoms with Crippen molar-refractivity contribution in [3.63, 3.8) is 0 Å². The van der Waals surface area contributed by atoms with Gasteiger partial charge in [0.05, 0.1) is 25.2 Å². The Kier molecular flexibility index (Phi) is 3.96. The Morgan fingerprint density at radius 1 is 1.41 bits per heavy atom. The highest BCUT2D eigenvalue weighted by molar-refractivity contribution is 5.81. The van der Waals surface area contributed by atoms with E-state index in [2.05, 4.69) is 5.32 Å². The fourth-order valence-electron chi connectivity index (χ4n) is 2.40. The van der Waals surface area contributed by atoms with Gasteiger partial charge in [-0.3, -0.25) is 14.5 Å². The van der Waals surface area contributed by atoms with Gasteiger partial charge >= 0.3 is 0 Å². The minimum Gasteiger partial charge on any atom is -0.381 e. The van der Waals surface area contributed by atoms with Gasteiger partial charge in [0.25, 0.3) is 0 Å². The summed E-state index contributed by atoms with van der Waals surface area (Å²) >= 11 is 0. The van der Waals surface area contributed by atoms with E-state index in [0.717, 1.165) is 25.8 Å². The van der Waals surface area contributed by atoms with Crippen molar-refractivity contribution in [2.24, 2.45) is 11.7 Å². The average Bonchev–Trinajstić information content (AvgIpc) is 2.96. The van der Waals surface area contributed by atoms with Crippen LogP contribution in [0.5, 0.6) is 0 Å². The number of ether oxygens (including phenoxy) is 1. The predicted octanol–water partition coefficient (Wildman–Crippen LogP) is -0.954. The minimum absolute atomic E-state index is 0.0117. The smallest absolute Gasteiger partial charge is 0.234 e. The summed E-state index contributed by atoms with van der Waals surface area (Å²) in [5.74, 6) is -0.330. The number of nitrogens with zero attached hydrogens (tertiary/aromatic N) is 1. The van der Waals surface area contributed by atoms with Gasteiger partial charge in [0.1, 0.15) is 0 Å². The fraction of sp³-hybridized carbons (Fsp3) is 0.818. The van der Waals surface area contributed by atoms with Crippen LogP contribution in [0, 0.1) is 5.92 Å². The molecule has 17 heavy (non-hydrogen) atoms. The first-order chi connectivity index (χ1) is 8.18. The molecule has 2 aliphatic heterocycles. The first-order valence-electron chi connectivity index (χ1n) is 6.07. The van der Waals surface area contributed by atoms with Crippen molar-refractivity contribution in [3.8, 4) is 0 Å². The van der Waals surface area contributed by atoms with Crippen molar-refractivity contribution in [2.75, 3.05) is 26.4 Å². The summed E-state index contributed by atoms with van der Waals surface area (Å²) in [5, 5.41) is 2.85. The Morgan fingerprint density at radius 3 is 2.88 bits per heavy atom. The molecule has 2 saturated heterocycles. The molecule has 2 atom stereocenters. The second kappa shape index (κ2) is 5.46. The maximum atomic E-state index is 11.7. The van der Waals surface area contributed by atoms with Crippen molar-refractivity contribution in [1.82, 2.24) is 10.2 Å². The van der Waals surface area contributed by atoms with E-state index in [4.69, 9.17) is 10.5 Å². The molecule has 2 rings (SSSR count). The van der Waals surface area contributed by atoms with Crippen LogP contribution in [-0.4, -0.2) is 49.2 Å². The first kappa shape index (κ1) is 12.3. The lowest BCUT2D eigenvalue weighted by Gasteiger charge is -2.22. The Balaban J connectivity index is 1.77. The molecule has 0 aromatic heterocycles. The summed E-state index contributed by atoms with van der Waals surface area (Å²) in [7, 11) is 0. The highest BCUT2D eigenvalue weighted by Gasteiger charge is 2.30. The molecule has 2 heterocycles. The van der Waals surface area contributed by atoms with Crippen LogP contribution < -0.4 is 11.1 Å². The summed E-state index contributed by atoms with van der Waals surface area (Å²) in [6.45, 7) is 2.38. The normalized spacial score (nSPS) is 29.4. The lowest BCUT2D eigenvalue weighted by Crippen LogP contribution is -2.47. The van der Waals surface area contributed by atoms with E-state index in [9.17, 15) is 9.59 Å². The van der Waals surface area contributed by atoms with E-state index in [1.165, 1.54) is 0 Å². The number of nitrogens with two attached hydrogens (primary N) is 1. The molecule has 3 N–H and O–H groups in total. The highest BCUT2D eigenvalue weighted by atomic mass is 16.5. The number of primary amides is 1. The Bertz CT molecular complexity index is 302. The molecule has 2 aliphatic rings. The number of hydrogen-bond acceptors (Lipinski definition) is 4. The van der Waals surface area contributed by atoms with Crippen molar-refractivity contribution in [3.05, 3.63) is 0 Å². The molecule has 0 spiro atoms. The lowest BCUT2D eigenvalue weighted by atomic mass is 10.1. The zero-order valence-electron chi connectivity index (χ0n) is 9.85. The van der Waals surface area contributed by atoms with E-state index in [0.29, 0.717) is 19.9 Å². The minimum atomic E-state index is -0.305. The molecule has 0 aromatic carbocycles. The van der Waals surface area contributed by atoms with Gasteiger partial charge in [0, 0.05) is 13.2 Å². The third-order valence-corrected chi connectivity index (χ3v) is 3.45. The van der Waals surface area contributed by atoms with Crippen molar-refractivity contribution in [1.29, 1.82) is 0 Å². The zero-order valence-corrected chi connectivity index (χ0v) is 9.85. The quantitative estimate of drug-likeness (QED) is 0.664. The predicted molar refractivity (Wildman–Crippen MR) is 60.9 cm³/mol. The number of carbonyl (C=O) groups is 2. The van der Waals surface area contributed by atoms with Gasteiger partial charge in [-0.15, -0.1) is 0 Å². The van der Waals surface area contributed by atoms with Crippen molar-refractivity contribution < 1.29 is 14.3 Å². The van der Waals surface area contributed by atoms with Gasteiger partial charge in [-0.1, -0.05) is 0 Å². The summed E-state index contributed by atoms with van der Waals surface area (Å²) in [5.41, 5.74) is 5.30. The summed E-state index contributed by atoms with van der Waals surface area (Å²) in [6.07, 6.45) is 2.53. The van der Waals surface area contributed by atoms with Crippen LogP contribution in [0.25, 0.3) is 0 Å². The van der Waals surface area contributed by atoms with Crippen LogP contribution in [0.3, 0.4) is 0 Å². The van der Waals surface area contributed by atoms with Crippen LogP contribution in [0.2, 0.25) is 0 Å². The Morgan fingerprint density at radius 2 is 2.24 bits per heavy atom. The molecule has 0 saturated carbocycles. The van der Waals surface area contributed by atoms with E-state index in [1.54, 1.807) is 0 Å². The standard InChI is InChI=1S/C11H19N3O3/c12-10(15)9-2-1-4-14(9)7-13-11(16)8-3-5-17-6-8/h8-9H,1-7H2,(H2,12,15)(H,13,16)/t8?,9-/m0/s1. The molecule has 6 nitrogen and oxygen atoms in total. The van der Waals surface area contributed by atoms with E-state index < -0.39 is 0 Å². The highest BCUT2D eigenvalue weighted by Crippen LogP contribution is 2.16.